The van der Waals surface area contributed by atoms with Crippen molar-refractivity contribution in [3.63, 3.8) is 0 Å². The topological polar surface area (TPSA) is 40.6 Å². The Kier molecular flexibility index (Phi) is 3.35. The van der Waals surface area contributed by atoms with Crippen molar-refractivity contribution >= 4 is 10.0 Å². The van der Waals surface area contributed by atoms with Gasteiger partial charge in [-0.15, -0.1) is 0 Å². The molecule has 0 aliphatic carbocycles. The van der Waals surface area contributed by atoms with Crippen molar-refractivity contribution in [2.45, 2.75) is 36.7 Å². The molecule has 0 N–H and O–H groups in total. The maximum Gasteiger partial charge on any atom is 0.243 e. The zero-order valence-electron chi connectivity index (χ0n) is 11.7. The van der Waals surface area contributed by atoms with E-state index in [1.165, 1.54) is 12.1 Å². The predicted molar refractivity (Wildman–Crippen MR) is 74.5 cm³/mol. The Morgan fingerprint density at radius 3 is 2.60 bits per heavy atom. The molecule has 110 valence electrons. The number of fused-ring (bicyclic) bond motifs is 1. The van der Waals surface area contributed by atoms with E-state index in [1.807, 2.05) is 7.05 Å². The van der Waals surface area contributed by atoms with Gasteiger partial charge < -0.3 is 4.90 Å². The molecule has 20 heavy (non-hydrogen) atoms. The van der Waals surface area contributed by atoms with Crippen molar-refractivity contribution < 1.29 is 12.8 Å². The highest BCUT2D eigenvalue weighted by Crippen LogP contribution is 2.34. The summed E-state index contributed by atoms with van der Waals surface area (Å²) >= 11 is 0. The van der Waals surface area contributed by atoms with Crippen molar-refractivity contribution in [2.24, 2.45) is 0 Å². The minimum absolute atomic E-state index is 0.0364. The van der Waals surface area contributed by atoms with Gasteiger partial charge in [0.25, 0.3) is 0 Å². The second kappa shape index (κ2) is 4.79. The van der Waals surface area contributed by atoms with Crippen LogP contribution < -0.4 is 0 Å². The monoisotopic (exact) mass is 298 g/mol. The van der Waals surface area contributed by atoms with Crippen LogP contribution in [0.25, 0.3) is 0 Å². The normalized spacial score (nSPS) is 27.9. The summed E-state index contributed by atoms with van der Waals surface area (Å²) in [6, 6.07) is 4.50. The lowest BCUT2D eigenvalue weighted by Gasteiger charge is -2.23. The molecule has 0 saturated carbocycles. The lowest BCUT2D eigenvalue weighted by atomic mass is 10.1. The average Bonchev–Trinajstić information content (AvgIpc) is 2.96. The second-order valence-corrected chi connectivity index (χ2v) is 7.61. The summed E-state index contributed by atoms with van der Waals surface area (Å²) in [6.45, 7) is 3.07. The van der Waals surface area contributed by atoms with E-state index in [4.69, 9.17) is 0 Å². The first-order valence-electron chi connectivity index (χ1n) is 6.89. The summed E-state index contributed by atoms with van der Waals surface area (Å²) in [5, 5.41) is 0. The average molecular weight is 298 g/mol. The van der Waals surface area contributed by atoms with Crippen molar-refractivity contribution in [1.29, 1.82) is 0 Å². The molecule has 0 bridgehead atoms. The van der Waals surface area contributed by atoms with Gasteiger partial charge in [-0.2, -0.15) is 4.31 Å². The van der Waals surface area contributed by atoms with E-state index in [9.17, 15) is 12.8 Å². The Labute approximate surface area is 119 Å². The van der Waals surface area contributed by atoms with Gasteiger partial charge in [-0.25, -0.2) is 12.8 Å². The summed E-state index contributed by atoms with van der Waals surface area (Å²) in [4.78, 5) is 2.28. The first-order chi connectivity index (χ1) is 9.41. The predicted octanol–water partition coefficient (Wildman–Crippen LogP) is 1.60. The zero-order chi connectivity index (χ0) is 14.5. The number of likely N-dealkylation sites (N-methyl/N-ethyl adjacent to an activating group) is 1. The lowest BCUT2D eigenvalue weighted by Crippen LogP contribution is -2.38. The molecule has 2 atom stereocenters. The Morgan fingerprint density at radius 2 is 1.90 bits per heavy atom. The van der Waals surface area contributed by atoms with Crippen LogP contribution in [0.3, 0.4) is 0 Å². The third-order valence-corrected chi connectivity index (χ3v) is 6.47. The van der Waals surface area contributed by atoms with Crippen LogP contribution in [-0.4, -0.2) is 49.8 Å². The highest BCUT2D eigenvalue weighted by atomic mass is 32.2. The highest BCUT2D eigenvalue weighted by Gasteiger charge is 2.46. The van der Waals surface area contributed by atoms with Gasteiger partial charge in [0.05, 0.1) is 4.90 Å². The fourth-order valence-corrected chi connectivity index (χ4v) is 5.04. The quantitative estimate of drug-likeness (QED) is 0.833. The van der Waals surface area contributed by atoms with Gasteiger partial charge >= 0.3 is 0 Å². The summed E-state index contributed by atoms with van der Waals surface area (Å²) in [5.74, 6) is -0.467. The molecule has 0 aromatic heterocycles. The molecule has 3 rings (SSSR count). The maximum absolute atomic E-state index is 13.6. The van der Waals surface area contributed by atoms with Gasteiger partial charge in [-0.1, -0.05) is 6.07 Å². The zero-order valence-corrected chi connectivity index (χ0v) is 12.5. The summed E-state index contributed by atoms with van der Waals surface area (Å²) < 4.78 is 40.6. The van der Waals surface area contributed by atoms with Crippen molar-refractivity contribution in [3.8, 4) is 0 Å². The molecule has 0 spiro atoms. The van der Waals surface area contributed by atoms with Crippen LogP contribution in [0.2, 0.25) is 0 Å². The van der Waals surface area contributed by atoms with Crippen molar-refractivity contribution in [1.82, 2.24) is 9.21 Å². The van der Waals surface area contributed by atoms with Crippen molar-refractivity contribution in [3.05, 3.63) is 29.6 Å². The van der Waals surface area contributed by atoms with E-state index in [2.05, 4.69) is 4.90 Å². The smallest absolute Gasteiger partial charge is 0.243 e. The second-order valence-electron chi connectivity index (χ2n) is 5.72. The Balaban J connectivity index is 1.94. The Morgan fingerprint density at radius 1 is 1.20 bits per heavy atom. The van der Waals surface area contributed by atoms with E-state index in [-0.39, 0.29) is 10.9 Å². The first-order valence-corrected chi connectivity index (χ1v) is 8.33. The highest BCUT2D eigenvalue weighted by molar-refractivity contribution is 7.89. The third kappa shape index (κ3) is 2.06. The molecule has 6 heteroatoms. The number of halogens is 1. The standard InChI is InChI=1S/C14H19FN2O2S/c1-10-3-4-11(9-12(10)15)20(18,19)17-8-6-13-14(17)5-7-16(13)2/h3-4,9,13-14H,5-8H2,1-2H3/t13-,14+/m0/s1. The Bertz CT molecular complexity index is 632. The van der Waals surface area contributed by atoms with E-state index in [0.29, 0.717) is 18.2 Å². The maximum atomic E-state index is 13.6. The Hall–Kier alpha value is -0.980. The number of rotatable bonds is 2. The molecule has 0 amide bonds. The van der Waals surface area contributed by atoms with Crippen LogP contribution in [-0.2, 0) is 10.0 Å². The van der Waals surface area contributed by atoms with Crippen LogP contribution in [0.1, 0.15) is 18.4 Å². The summed E-state index contributed by atoms with van der Waals surface area (Å²) in [5.41, 5.74) is 0.462. The van der Waals surface area contributed by atoms with E-state index in [0.717, 1.165) is 25.5 Å². The van der Waals surface area contributed by atoms with E-state index in [1.54, 1.807) is 11.2 Å². The minimum atomic E-state index is -3.59. The number of hydrogen-bond donors (Lipinski definition) is 0. The number of hydrogen-bond acceptors (Lipinski definition) is 3. The van der Waals surface area contributed by atoms with E-state index >= 15 is 0 Å². The van der Waals surface area contributed by atoms with E-state index < -0.39 is 15.8 Å². The van der Waals surface area contributed by atoms with Crippen LogP contribution in [0.5, 0.6) is 0 Å². The number of benzene rings is 1. The summed E-state index contributed by atoms with van der Waals surface area (Å²) in [6.07, 6.45) is 1.71. The van der Waals surface area contributed by atoms with Crippen LogP contribution >= 0.6 is 0 Å². The van der Waals surface area contributed by atoms with Crippen molar-refractivity contribution in [2.75, 3.05) is 20.1 Å². The molecule has 4 nitrogen and oxygen atoms in total. The van der Waals surface area contributed by atoms with Gasteiger partial charge in [0, 0.05) is 18.6 Å². The molecular weight excluding hydrogens is 279 g/mol. The largest absolute Gasteiger partial charge is 0.302 e. The van der Waals surface area contributed by atoms with Gasteiger partial charge in [-0.05, 0) is 51.1 Å². The molecule has 2 aliphatic heterocycles. The molecule has 2 saturated heterocycles. The van der Waals surface area contributed by atoms with Crippen LogP contribution in [0.15, 0.2) is 23.1 Å². The molecule has 0 radical (unpaired) electrons. The van der Waals surface area contributed by atoms with Gasteiger partial charge in [0.2, 0.25) is 10.0 Å². The number of sulfonamides is 1. The first kappa shape index (κ1) is 14.0. The fourth-order valence-electron chi connectivity index (χ4n) is 3.33. The van der Waals surface area contributed by atoms with Gasteiger partial charge in [0.1, 0.15) is 5.82 Å². The summed E-state index contributed by atoms with van der Waals surface area (Å²) in [7, 11) is -1.55. The third-order valence-electron chi connectivity index (χ3n) is 4.55. The lowest BCUT2D eigenvalue weighted by molar-refractivity contribution is 0.300. The molecular formula is C14H19FN2O2S. The number of likely N-dealkylation sites (tertiary alicyclic amines) is 1. The molecule has 2 fully saturated rings. The number of aryl methyl sites for hydroxylation is 1. The minimum Gasteiger partial charge on any atom is -0.302 e. The van der Waals surface area contributed by atoms with Crippen LogP contribution in [0, 0.1) is 12.7 Å². The van der Waals surface area contributed by atoms with Gasteiger partial charge in [-0.3, -0.25) is 0 Å². The molecule has 2 heterocycles. The fraction of sp³-hybridized carbons (Fsp3) is 0.571. The molecule has 0 unspecified atom stereocenters. The number of nitrogens with zero attached hydrogens (tertiary/aromatic N) is 2. The molecule has 2 aliphatic rings. The van der Waals surface area contributed by atoms with Crippen LogP contribution in [0.4, 0.5) is 4.39 Å². The van der Waals surface area contributed by atoms with Gasteiger partial charge in [0.15, 0.2) is 0 Å². The SMILES string of the molecule is Cc1ccc(S(=O)(=O)N2CC[C@H]3[C@H]2CCN3C)cc1F. The molecule has 1 aromatic carbocycles. The molecule has 1 aromatic rings.